The minimum absolute atomic E-state index is 0.00235. The lowest BCUT2D eigenvalue weighted by atomic mass is 10.1. The Kier molecular flexibility index (Phi) is 7.53. The Hall–Kier alpha value is -2.91. The molecule has 182 valence electrons. The summed E-state index contributed by atoms with van der Waals surface area (Å²) in [5.74, 6) is -0.0916. The molecule has 0 N–H and O–H groups in total. The molecule has 4 rings (SSSR count). The van der Waals surface area contributed by atoms with Gasteiger partial charge in [0.15, 0.2) is 0 Å². The molecule has 8 nitrogen and oxygen atoms in total. The summed E-state index contributed by atoms with van der Waals surface area (Å²) in [6.45, 7) is 6.14. The van der Waals surface area contributed by atoms with E-state index in [-0.39, 0.29) is 42.6 Å². The molecule has 2 amide bonds. The molecule has 0 unspecified atom stereocenters. The van der Waals surface area contributed by atoms with Crippen LogP contribution >= 0.6 is 0 Å². The number of benzene rings is 2. The van der Waals surface area contributed by atoms with Crippen molar-refractivity contribution in [1.82, 2.24) is 14.1 Å². The maximum Gasteiger partial charge on any atom is 0.243 e. The van der Waals surface area contributed by atoms with Crippen molar-refractivity contribution in [1.29, 1.82) is 0 Å². The van der Waals surface area contributed by atoms with Crippen molar-refractivity contribution in [2.75, 3.05) is 57.3 Å². The first-order chi connectivity index (χ1) is 16.3. The molecule has 0 atom stereocenters. The first-order valence-electron chi connectivity index (χ1n) is 11.8. The summed E-state index contributed by atoms with van der Waals surface area (Å²) in [5.41, 5.74) is 2.39. The Balaban J connectivity index is 1.21. The van der Waals surface area contributed by atoms with Crippen LogP contribution in [0.2, 0.25) is 0 Å². The van der Waals surface area contributed by atoms with Crippen LogP contribution in [0, 0.1) is 6.92 Å². The van der Waals surface area contributed by atoms with E-state index in [9.17, 15) is 18.0 Å². The van der Waals surface area contributed by atoms with Crippen molar-refractivity contribution in [2.45, 2.75) is 24.7 Å². The van der Waals surface area contributed by atoms with Gasteiger partial charge in [-0.1, -0.05) is 30.3 Å². The minimum atomic E-state index is -3.55. The van der Waals surface area contributed by atoms with E-state index in [1.807, 2.05) is 11.0 Å². The van der Waals surface area contributed by atoms with Gasteiger partial charge in [-0.25, -0.2) is 8.42 Å². The van der Waals surface area contributed by atoms with E-state index in [4.69, 9.17) is 0 Å². The van der Waals surface area contributed by atoms with Gasteiger partial charge in [0, 0.05) is 70.9 Å². The summed E-state index contributed by atoms with van der Waals surface area (Å²) in [5, 5.41) is 0. The lowest BCUT2D eigenvalue weighted by Crippen LogP contribution is -2.51. The maximum absolute atomic E-state index is 12.8. The van der Waals surface area contributed by atoms with Crippen LogP contribution < -0.4 is 4.90 Å². The van der Waals surface area contributed by atoms with Gasteiger partial charge in [-0.15, -0.1) is 0 Å². The molecule has 9 heteroatoms. The van der Waals surface area contributed by atoms with Gasteiger partial charge >= 0.3 is 0 Å². The van der Waals surface area contributed by atoms with E-state index in [2.05, 4.69) is 30.0 Å². The van der Waals surface area contributed by atoms with Crippen LogP contribution in [0.4, 0.5) is 5.69 Å². The zero-order valence-corrected chi connectivity index (χ0v) is 20.4. The van der Waals surface area contributed by atoms with Crippen molar-refractivity contribution >= 4 is 27.5 Å². The van der Waals surface area contributed by atoms with Crippen LogP contribution in [-0.2, 0) is 19.6 Å². The molecule has 34 heavy (non-hydrogen) atoms. The van der Waals surface area contributed by atoms with Crippen molar-refractivity contribution in [3.8, 4) is 0 Å². The Bertz CT molecular complexity index is 1110. The highest BCUT2D eigenvalue weighted by Crippen LogP contribution is 2.19. The summed E-state index contributed by atoms with van der Waals surface area (Å²) < 4.78 is 26.9. The molecule has 2 aliphatic rings. The molecule has 0 saturated carbocycles. The van der Waals surface area contributed by atoms with Crippen LogP contribution in [0.25, 0.3) is 0 Å². The van der Waals surface area contributed by atoms with E-state index >= 15 is 0 Å². The number of hydrogen-bond donors (Lipinski definition) is 0. The van der Waals surface area contributed by atoms with Gasteiger partial charge in [0.25, 0.3) is 0 Å². The molecule has 2 saturated heterocycles. The van der Waals surface area contributed by atoms with Gasteiger partial charge in [0.2, 0.25) is 21.8 Å². The first kappa shape index (κ1) is 24.2. The van der Waals surface area contributed by atoms with E-state index in [1.165, 1.54) is 15.6 Å². The number of carbonyl (C=O) groups excluding carboxylic acids is 2. The number of sulfonamides is 1. The number of piperazine rings is 2. The van der Waals surface area contributed by atoms with Crippen LogP contribution in [-0.4, -0.2) is 86.7 Å². The average molecular weight is 485 g/mol. The normalized spacial score (nSPS) is 17.6. The lowest BCUT2D eigenvalue weighted by Gasteiger charge is -2.36. The van der Waals surface area contributed by atoms with Gasteiger partial charge in [-0.2, -0.15) is 4.31 Å². The topological polar surface area (TPSA) is 81.2 Å². The van der Waals surface area contributed by atoms with Crippen molar-refractivity contribution in [3.63, 3.8) is 0 Å². The molecular weight excluding hydrogens is 452 g/mol. The average Bonchev–Trinajstić information content (AvgIpc) is 2.88. The molecule has 0 aromatic heterocycles. The Morgan fingerprint density at radius 2 is 1.29 bits per heavy atom. The fraction of sp³-hybridized carbons (Fsp3) is 0.440. The van der Waals surface area contributed by atoms with Gasteiger partial charge in [-0.3, -0.25) is 9.59 Å². The van der Waals surface area contributed by atoms with Gasteiger partial charge in [0.1, 0.15) is 0 Å². The molecule has 2 aromatic carbocycles. The van der Waals surface area contributed by atoms with Gasteiger partial charge in [0.05, 0.1) is 4.90 Å². The third kappa shape index (κ3) is 5.59. The summed E-state index contributed by atoms with van der Waals surface area (Å²) in [6.07, 6.45) is 0.341. The molecule has 0 aliphatic carbocycles. The Labute approximate surface area is 201 Å². The van der Waals surface area contributed by atoms with E-state index in [0.717, 1.165) is 13.1 Å². The van der Waals surface area contributed by atoms with E-state index in [0.29, 0.717) is 26.2 Å². The van der Waals surface area contributed by atoms with E-state index < -0.39 is 10.0 Å². The van der Waals surface area contributed by atoms with E-state index in [1.54, 1.807) is 35.2 Å². The second-order valence-corrected chi connectivity index (χ2v) is 10.7. The summed E-state index contributed by atoms with van der Waals surface area (Å²) in [4.78, 5) is 31.4. The van der Waals surface area contributed by atoms with Crippen molar-refractivity contribution in [3.05, 3.63) is 60.2 Å². The quantitative estimate of drug-likeness (QED) is 0.626. The number of hydrogen-bond acceptors (Lipinski definition) is 5. The van der Waals surface area contributed by atoms with Crippen molar-refractivity contribution < 1.29 is 18.0 Å². The minimum Gasteiger partial charge on any atom is -0.368 e. The van der Waals surface area contributed by atoms with Crippen molar-refractivity contribution in [2.24, 2.45) is 0 Å². The molecule has 2 fully saturated rings. The monoisotopic (exact) mass is 484 g/mol. The number of amides is 2. The summed E-state index contributed by atoms with van der Waals surface area (Å²) >= 11 is 0. The maximum atomic E-state index is 12.8. The first-order valence-corrected chi connectivity index (χ1v) is 13.2. The standard InChI is InChI=1S/C25H32N4O4S/c1-21-6-5-7-22(20-21)26-12-14-27(15-13-26)24(30)10-11-25(31)28-16-18-29(19-17-28)34(32,33)23-8-3-2-4-9-23/h2-9,20H,10-19H2,1H3. The molecular formula is C25H32N4O4S. The molecule has 2 heterocycles. The van der Waals surface area contributed by atoms with Crippen LogP contribution in [0.15, 0.2) is 59.5 Å². The number of aryl methyl sites for hydroxylation is 1. The third-order valence-electron chi connectivity index (χ3n) is 6.52. The fourth-order valence-corrected chi connectivity index (χ4v) is 5.93. The number of anilines is 1. The molecule has 0 radical (unpaired) electrons. The smallest absolute Gasteiger partial charge is 0.243 e. The summed E-state index contributed by atoms with van der Waals surface area (Å²) in [7, 11) is -3.55. The molecule has 2 aliphatic heterocycles. The third-order valence-corrected chi connectivity index (χ3v) is 8.44. The number of carbonyl (C=O) groups is 2. The SMILES string of the molecule is Cc1cccc(N2CCN(C(=O)CCC(=O)N3CCN(S(=O)(=O)c4ccccc4)CC3)CC2)c1. The van der Waals surface area contributed by atoms with Crippen LogP contribution in [0.5, 0.6) is 0 Å². The highest BCUT2D eigenvalue weighted by Gasteiger charge is 2.30. The Morgan fingerprint density at radius 1 is 0.735 bits per heavy atom. The highest BCUT2D eigenvalue weighted by atomic mass is 32.2. The molecule has 0 spiro atoms. The highest BCUT2D eigenvalue weighted by molar-refractivity contribution is 7.89. The number of rotatable bonds is 6. The van der Waals surface area contributed by atoms with Crippen LogP contribution in [0.3, 0.4) is 0 Å². The molecule has 0 bridgehead atoms. The predicted molar refractivity (Wildman–Crippen MR) is 131 cm³/mol. The lowest BCUT2D eigenvalue weighted by molar-refractivity contribution is -0.137. The van der Waals surface area contributed by atoms with Gasteiger partial charge < -0.3 is 14.7 Å². The Morgan fingerprint density at radius 3 is 1.85 bits per heavy atom. The number of nitrogens with zero attached hydrogens (tertiary/aromatic N) is 4. The fourth-order valence-electron chi connectivity index (χ4n) is 4.49. The molecule has 2 aromatic rings. The zero-order valence-electron chi connectivity index (χ0n) is 19.6. The largest absolute Gasteiger partial charge is 0.368 e. The zero-order chi connectivity index (χ0) is 24.1. The summed E-state index contributed by atoms with van der Waals surface area (Å²) in [6, 6.07) is 16.7. The second-order valence-electron chi connectivity index (χ2n) is 8.80. The van der Waals surface area contributed by atoms with Gasteiger partial charge in [-0.05, 0) is 36.8 Å². The second kappa shape index (κ2) is 10.6. The van der Waals surface area contributed by atoms with Crippen LogP contribution in [0.1, 0.15) is 18.4 Å². The predicted octanol–water partition coefficient (Wildman–Crippen LogP) is 1.96.